The Morgan fingerprint density at radius 3 is 2.29 bits per heavy atom. The van der Waals surface area contributed by atoms with Crippen LogP contribution in [0.3, 0.4) is 0 Å². The van der Waals surface area contributed by atoms with E-state index in [0.29, 0.717) is 6.54 Å². The van der Waals surface area contributed by atoms with E-state index in [0.717, 1.165) is 12.8 Å². The van der Waals surface area contributed by atoms with Crippen LogP contribution in [0, 0.1) is 0 Å². The SMILES string of the molecule is CCCC(C)NCC(C)OCC(F)(F)C(F)F. The van der Waals surface area contributed by atoms with Crippen molar-refractivity contribution < 1.29 is 22.3 Å². The summed E-state index contributed by atoms with van der Waals surface area (Å²) in [6.07, 6.45) is -2.20. The fourth-order valence-corrected chi connectivity index (χ4v) is 1.28. The van der Waals surface area contributed by atoms with Crippen molar-refractivity contribution in [1.82, 2.24) is 5.32 Å². The minimum atomic E-state index is -4.07. The lowest BCUT2D eigenvalue weighted by molar-refractivity contribution is -0.174. The molecule has 17 heavy (non-hydrogen) atoms. The second kappa shape index (κ2) is 7.87. The van der Waals surface area contributed by atoms with Crippen LogP contribution < -0.4 is 5.32 Å². The van der Waals surface area contributed by atoms with E-state index in [9.17, 15) is 17.6 Å². The van der Waals surface area contributed by atoms with Crippen LogP contribution in [0.2, 0.25) is 0 Å². The normalized spacial score (nSPS) is 16.2. The predicted molar refractivity (Wildman–Crippen MR) is 58.7 cm³/mol. The van der Waals surface area contributed by atoms with E-state index in [2.05, 4.69) is 5.32 Å². The summed E-state index contributed by atoms with van der Waals surface area (Å²) in [5.74, 6) is -4.07. The van der Waals surface area contributed by atoms with Gasteiger partial charge in [0, 0.05) is 12.6 Å². The van der Waals surface area contributed by atoms with Gasteiger partial charge in [-0.05, 0) is 20.3 Å². The average Bonchev–Trinajstić information content (AvgIpc) is 2.24. The van der Waals surface area contributed by atoms with E-state index in [1.54, 1.807) is 6.92 Å². The molecule has 6 heteroatoms. The molecule has 0 bridgehead atoms. The molecule has 0 aliphatic heterocycles. The molecule has 104 valence electrons. The largest absolute Gasteiger partial charge is 0.371 e. The Hall–Kier alpha value is -0.360. The minimum absolute atomic E-state index is 0.265. The number of ether oxygens (including phenoxy) is 1. The molecule has 0 saturated carbocycles. The molecular formula is C11H21F4NO. The van der Waals surface area contributed by atoms with Crippen molar-refractivity contribution in [2.24, 2.45) is 0 Å². The van der Waals surface area contributed by atoms with Gasteiger partial charge in [-0.25, -0.2) is 8.78 Å². The van der Waals surface area contributed by atoms with E-state index in [1.165, 1.54) is 0 Å². The lowest BCUT2D eigenvalue weighted by atomic mass is 10.2. The zero-order valence-corrected chi connectivity index (χ0v) is 10.5. The fourth-order valence-electron chi connectivity index (χ4n) is 1.28. The summed E-state index contributed by atoms with van der Waals surface area (Å²) in [7, 11) is 0. The van der Waals surface area contributed by atoms with Crippen molar-refractivity contribution in [2.45, 2.75) is 58.1 Å². The summed E-state index contributed by atoms with van der Waals surface area (Å²) in [5.41, 5.74) is 0. The molecule has 0 spiro atoms. The highest BCUT2D eigenvalue weighted by Crippen LogP contribution is 2.23. The lowest BCUT2D eigenvalue weighted by Gasteiger charge is -2.21. The van der Waals surface area contributed by atoms with Crippen molar-refractivity contribution in [2.75, 3.05) is 13.2 Å². The first kappa shape index (κ1) is 16.6. The smallest absolute Gasteiger partial charge is 0.330 e. The summed E-state index contributed by atoms with van der Waals surface area (Å²) in [6.45, 7) is 4.73. The Morgan fingerprint density at radius 2 is 1.82 bits per heavy atom. The van der Waals surface area contributed by atoms with Gasteiger partial charge in [-0.3, -0.25) is 0 Å². The minimum Gasteiger partial charge on any atom is -0.371 e. The summed E-state index contributed by atoms with van der Waals surface area (Å²) < 4.78 is 53.4. The molecule has 0 rings (SSSR count). The van der Waals surface area contributed by atoms with Gasteiger partial charge in [-0.15, -0.1) is 0 Å². The highest BCUT2D eigenvalue weighted by Gasteiger charge is 2.41. The predicted octanol–water partition coefficient (Wildman–Crippen LogP) is 3.07. The van der Waals surface area contributed by atoms with Crippen molar-refractivity contribution in [1.29, 1.82) is 0 Å². The highest BCUT2D eigenvalue weighted by atomic mass is 19.3. The average molecular weight is 259 g/mol. The number of hydrogen-bond acceptors (Lipinski definition) is 2. The van der Waals surface area contributed by atoms with Gasteiger partial charge in [0.2, 0.25) is 0 Å². The number of alkyl halides is 4. The van der Waals surface area contributed by atoms with Gasteiger partial charge in [0.15, 0.2) is 0 Å². The first-order chi connectivity index (χ1) is 7.79. The molecule has 0 fully saturated rings. The summed E-state index contributed by atoms with van der Waals surface area (Å²) in [6, 6.07) is 0.265. The van der Waals surface area contributed by atoms with Gasteiger partial charge >= 0.3 is 12.3 Å². The van der Waals surface area contributed by atoms with Crippen LogP contribution in [-0.2, 0) is 4.74 Å². The van der Waals surface area contributed by atoms with Gasteiger partial charge < -0.3 is 10.1 Å². The standard InChI is InChI=1S/C11H21F4NO/c1-4-5-8(2)16-6-9(3)17-7-11(14,15)10(12)13/h8-10,16H,4-7H2,1-3H3. The first-order valence-corrected chi connectivity index (χ1v) is 5.80. The topological polar surface area (TPSA) is 21.3 Å². The molecule has 0 aromatic heterocycles. The molecular weight excluding hydrogens is 238 g/mol. The van der Waals surface area contributed by atoms with Crippen LogP contribution in [-0.4, -0.2) is 37.6 Å². The summed E-state index contributed by atoms with van der Waals surface area (Å²) in [5, 5.41) is 3.09. The Morgan fingerprint density at radius 1 is 1.24 bits per heavy atom. The molecule has 1 N–H and O–H groups in total. The Kier molecular flexibility index (Phi) is 7.70. The molecule has 0 aliphatic carbocycles. The molecule has 0 amide bonds. The third-order valence-corrected chi connectivity index (χ3v) is 2.36. The zero-order valence-electron chi connectivity index (χ0n) is 10.5. The number of nitrogens with one attached hydrogen (secondary N) is 1. The maximum absolute atomic E-state index is 12.5. The maximum atomic E-state index is 12.5. The molecule has 0 saturated heterocycles. The summed E-state index contributed by atoms with van der Waals surface area (Å²) >= 11 is 0. The molecule has 0 aromatic carbocycles. The van der Waals surface area contributed by atoms with Crippen molar-refractivity contribution in [3.8, 4) is 0 Å². The van der Waals surface area contributed by atoms with Crippen molar-refractivity contribution in [3.05, 3.63) is 0 Å². The Balaban J connectivity index is 3.76. The van der Waals surface area contributed by atoms with E-state index >= 15 is 0 Å². The van der Waals surface area contributed by atoms with E-state index in [-0.39, 0.29) is 6.04 Å². The quantitative estimate of drug-likeness (QED) is 0.642. The van der Waals surface area contributed by atoms with Crippen LogP contribution in [0.4, 0.5) is 17.6 Å². The molecule has 0 aliphatic rings. The van der Waals surface area contributed by atoms with Crippen molar-refractivity contribution in [3.63, 3.8) is 0 Å². The zero-order chi connectivity index (χ0) is 13.5. The van der Waals surface area contributed by atoms with E-state index in [4.69, 9.17) is 4.74 Å². The second-order valence-electron chi connectivity index (χ2n) is 4.28. The monoisotopic (exact) mass is 259 g/mol. The number of rotatable bonds is 9. The van der Waals surface area contributed by atoms with Gasteiger partial charge in [0.05, 0.1) is 6.10 Å². The molecule has 2 nitrogen and oxygen atoms in total. The van der Waals surface area contributed by atoms with Gasteiger partial charge in [0.25, 0.3) is 0 Å². The second-order valence-corrected chi connectivity index (χ2v) is 4.28. The number of hydrogen-bond donors (Lipinski definition) is 1. The van der Waals surface area contributed by atoms with Crippen molar-refractivity contribution >= 4 is 0 Å². The lowest BCUT2D eigenvalue weighted by Crippen LogP contribution is -2.38. The van der Waals surface area contributed by atoms with E-state index < -0.39 is 25.1 Å². The molecule has 2 unspecified atom stereocenters. The number of halogens is 4. The third-order valence-electron chi connectivity index (χ3n) is 2.36. The van der Waals surface area contributed by atoms with Gasteiger partial charge in [0.1, 0.15) is 6.61 Å². The van der Waals surface area contributed by atoms with Crippen LogP contribution >= 0.6 is 0 Å². The Labute approximate surface area is 99.7 Å². The van der Waals surface area contributed by atoms with Crippen LogP contribution in [0.1, 0.15) is 33.6 Å². The molecule has 2 atom stereocenters. The highest BCUT2D eigenvalue weighted by molar-refractivity contribution is 4.70. The van der Waals surface area contributed by atoms with Crippen LogP contribution in [0.15, 0.2) is 0 Å². The van der Waals surface area contributed by atoms with Crippen LogP contribution in [0.5, 0.6) is 0 Å². The van der Waals surface area contributed by atoms with E-state index in [1.807, 2.05) is 13.8 Å². The maximum Gasteiger partial charge on any atom is 0.330 e. The first-order valence-electron chi connectivity index (χ1n) is 5.80. The van der Waals surface area contributed by atoms with Gasteiger partial charge in [-0.1, -0.05) is 13.3 Å². The summed E-state index contributed by atoms with van der Waals surface area (Å²) in [4.78, 5) is 0. The molecule has 0 aromatic rings. The molecule has 0 heterocycles. The van der Waals surface area contributed by atoms with Crippen LogP contribution in [0.25, 0.3) is 0 Å². The third kappa shape index (κ3) is 7.54. The molecule has 0 radical (unpaired) electrons. The fraction of sp³-hybridized carbons (Fsp3) is 1.00. The Bertz CT molecular complexity index is 202. The van der Waals surface area contributed by atoms with Gasteiger partial charge in [-0.2, -0.15) is 8.78 Å².